The smallest absolute Gasteiger partial charge is 0.301 e. The molecule has 0 aliphatic carbocycles. The summed E-state index contributed by atoms with van der Waals surface area (Å²) in [5, 5.41) is 12.2. The average molecular weight is 533 g/mol. The Bertz CT molecular complexity index is 1550. The van der Waals surface area contributed by atoms with Gasteiger partial charge in [-0.2, -0.15) is 0 Å². The quantitative estimate of drug-likeness (QED) is 0.176. The van der Waals surface area contributed by atoms with Gasteiger partial charge in [-0.15, -0.1) is 0 Å². The van der Waals surface area contributed by atoms with E-state index < -0.39 is 17.7 Å². The summed E-state index contributed by atoms with van der Waals surface area (Å²) in [5.41, 5.74) is 2.82. The Morgan fingerprint density at radius 1 is 1.03 bits per heavy atom. The van der Waals surface area contributed by atoms with E-state index in [4.69, 9.17) is 16.3 Å². The molecule has 0 spiro atoms. The van der Waals surface area contributed by atoms with Crippen LogP contribution in [0.4, 0.5) is 5.13 Å². The number of aromatic nitrogens is 1. The number of aliphatic hydroxyl groups is 1. The van der Waals surface area contributed by atoms with E-state index in [0.29, 0.717) is 32.5 Å². The Morgan fingerprint density at radius 3 is 2.32 bits per heavy atom. The van der Waals surface area contributed by atoms with E-state index >= 15 is 0 Å². The van der Waals surface area contributed by atoms with Crippen LogP contribution < -0.4 is 9.64 Å². The minimum Gasteiger partial charge on any atom is -0.507 e. The first-order chi connectivity index (χ1) is 17.6. The third-order valence-corrected chi connectivity index (χ3v) is 7.71. The van der Waals surface area contributed by atoms with Crippen LogP contribution in [-0.4, -0.2) is 28.9 Å². The molecule has 4 aromatic rings. The Kier molecular flexibility index (Phi) is 6.30. The summed E-state index contributed by atoms with van der Waals surface area (Å²) in [5.74, 6) is -1.10. The fraction of sp³-hybridized carbons (Fsp3) is 0.207. The number of methoxy groups -OCH3 is 1. The van der Waals surface area contributed by atoms with E-state index in [1.165, 1.54) is 16.2 Å². The molecule has 1 aliphatic rings. The minimum atomic E-state index is -0.854. The van der Waals surface area contributed by atoms with Crippen molar-refractivity contribution in [3.63, 3.8) is 0 Å². The molecule has 1 saturated heterocycles. The maximum absolute atomic E-state index is 13.5. The van der Waals surface area contributed by atoms with Gasteiger partial charge in [0.05, 0.1) is 28.9 Å². The third kappa shape index (κ3) is 4.49. The number of benzene rings is 3. The number of carbonyl (C=O) groups excluding carboxylic acids is 2. The molecule has 0 unspecified atom stereocenters. The number of halogens is 1. The van der Waals surface area contributed by atoms with E-state index in [-0.39, 0.29) is 16.7 Å². The monoisotopic (exact) mass is 532 g/mol. The number of hydrogen-bond donors (Lipinski definition) is 1. The molecule has 1 N–H and O–H groups in total. The lowest BCUT2D eigenvalue weighted by molar-refractivity contribution is -0.132. The second kappa shape index (κ2) is 9.32. The summed E-state index contributed by atoms with van der Waals surface area (Å²) in [6, 6.07) is 18.9. The molecule has 6 nitrogen and oxygen atoms in total. The van der Waals surface area contributed by atoms with Crippen molar-refractivity contribution in [1.82, 2.24) is 4.98 Å². The van der Waals surface area contributed by atoms with E-state index in [1.54, 1.807) is 37.4 Å². The minimum absolute atomic E-state index is 0.00710. The van der Waals surface area contributed by atoms with Gasteiger partial charge in [-0.25, -0.2) is 4.98 Å². The Balaban J connectivity index is 1.70. The van der Waals surface area contributed by atoms with E-state index in [9.17, 15) is 14.7 Å². The number of ether oxygens (including phenoxy) is 1. The maximum atomic E-state index is 13.5. The summed E-state index contributed by atoms with van der Waals surface area (Å²) in [4.78, 5) is 32.9. The molecule has 188 valence electrons. The number of aliphatic hydroxyl groups excluding tert-OH is 1. The molecule has 1 amide bonds. The average Bonchev–Trinajstić information content (AvgIpc) is 3.41. The summed E-state index contributed by atoms with van der Waals surface area (Å²) in [7, 11) is 1.58. The van der Waals surface area contributed by atoms with E-state index in [1.807, 2.05) is 36.4 Å². The van der Waals surface area contributed by atoms with Gasteiger partial charge in [0.1, 0.15) is 11.5 Å². The fourth-order valence-electron chi connectivity index (χ4n) is 4.40. The predicted octanol–water partition coefficient (Wildman–Crippen LogP) is 6.88. The van der Waals surface area contributed by atoms with Crippen molar-refractivity contribution in [3.8, 4) is 5.75 Å². The molecule has 0 radical (unpaired) electrons. The van der Waals surface area contributed by atoms with Crippen LogP contribution in [0.3, 0.4) is 0 Å². The molecular formula is C29H25ClN2O4S. The van der Waals surface area contributed by atoms with Crippen LogP contribution in [0.1, 0.15) is 43.5 Å². The number of anilines is 1. The maximum Gasteiger partial charge on any atom is 0.301 e. The largest absolute Gasteiger partial charge is 0.507 e. The summed E-state index contributed by atoms with van der Waals surface area (Å²) < 4.78 is 6.14. The summed E-state index contributed by atoms with van der Waals surface area (Å²) >= 11 is 7.31. The van der Waals surface area contributed by atoms with Crippen LogP contribution in [0.25, 0.3) is 16.0 Å². The number of carbonyl (C=O) groups is 2. The zero-order valence-electron chi connectivity index (χ0n) is 20.8. The van der Waals surface area contributed by atoms with Gasteiger partial charge >= 0.3 is 5.91 Å². The van der Waals surface area contributed by atoms with Crippen molar-refractivity contribution in [3.05, 3.63) is 94.0 Å². The van der Waals surface area contributed by atoms with Gasteiger partial charge in [-0.3, -0.25) is 14.5 Å². The molecule has 2 heterocycles. The van der Waals surface area contributed by atoms with Gasteiger partial charge in [-0.1, -0.05) is 68.0 Å². The zero-order valence-corrected chi connectivity index (χ0v) is 22.4. The van der Waals surface area contributed by atoms with Crippen LogP contribution in [0.2, 0.25) is 5.02 Å². The lowest BCUT2D eigenvalue weighted by atomic mass is 9.85. The lowest BCUT2D eigenvalue weighted by Gasteiger charge is -2.24. The highest BCUT2D eigenvalue weighted by atomic mass is 35.5. The highest BCUT2D eigenvalue weighted by Gasteiger charge is 2.48. The Hall–Kier alpha value is -3.68. The number of fused-ring (bicyclic) bond motifs is 1. The molecule has 37 heavy (non-hydrogen) atoms. The molecule has 1 aliphatic heterocycles. The van der Waals surface area contributed by atoms with Crippen molar-refractivity contribution in [2.24, 2.45) is 0 Å². The number of nitrogens with zero attached hydrogens (tertiary/aromatic N) is 2. The molecule has 0 bridgehead atoms. The van der Waals surface area contributed by atoms with Gasteiger partial charge < -0.3 is 9.84 Å². The third-order valence-electron chi connectivity index (χ3n) is 6.44. The normalized spacial score (nSPS) is 17.5. The molecule has 1 aromatic heterocycles. The van der Waals surface area contributed by atoms with Gasteiger partial charge in [-0.05, 0) is 59.0 Å². The molecular weight excluding hydrogens is 508 g/mol. The first-order valence-electron chi connectivity index (χ1n) is 11.7. The number of Topliss-reactive ketones (excluding diaryl/α,β-unsaturated/α-hetero) is 1. The van der Waals surface area contributed by atoms with Gasteiger partial charge in [0.15, 0.2) is 5.13 Å². The van der Waals surface area contributed by atoms with Crippen LogP contribution >= 0.6 is 22.9 Å². The second-order valence-electron chi connectivity index (χ2n) is 9.88. The van der Waals surface area contributed by atoms with Crippen LogP contribution in [0, 0.1) is 0 Å². The van der Waals surface area contributed by atoms with Crippen LogP contribution in [0.5, 0.6) is 5.75 Å². The number of ketones is 1. The highest BCUT2D eigenvalue weighted by Crippen LogP contribution is 2.45. The second-order valence-corrected chi connectivity index (χ2v) is 11.3. The van der Waals surface area contributed by atoms with Crippen molar-refractivity contribution < 1.29 is 19.4 Å². The number of hydrogen-bond acceptors (Lipinski definition) is 6. The standard InChI is InChI=1S/C29H25ClN2O4S/c1-29(2,3)18-9-5-16(6-10-18)24-23(25(33)17-7-11-19(30)12-8-17)26(34)27(35)32(24)28-31-21-14-13-20(36-4)15-22(21)37-28/h5-15,24,33H,1-4H3/t24-/m0/s1. The molecule has 3 aromatic carbocycles. The van der Waals surface area contributed by atoms with Crippen molar-refractivity contribution >= 4 is 55.7 Å². The lowest BCUT2D eigenvalue weighted by Crippen LogP contribution is -2.29. The number of amides is 1. The predicted molar refractivity (Wildman–Crippen MR) is 148 cm³/mol. The zero-order chi connectivity index (χ0) is 26.5. The Labute approximate surface area is 223 Å². The van der Waals surface area contributed by atoms with E-state index in [2.05, 4.69) is 25.8 Å². The summed E-state index contributed by atoms with van der Waals surface area (Å²) in [6.07, 6.45) is 0. The van der Waals surface area contributed by atoms with Gasteiger partial charge in [0, 0.05) is 10.6 Å². The molecule has 0 saturated carbocycles. The molecule has 1 atom stereocenters. The first kappa shape index (κ1) is 25.0. The van der Waals surface area contributed by atoms with Crippen LogP contribution in [-0.2, 0) is 15.0 Å². The van der Waals surface area contributed by atoms with Crippen molar-refractivity contribution in [2.75, 3.05) is 12.0 Å². The fourth-order valence-corrected chi connectivity index (χ4v) is 5.54. The molecule has 8 heteroatoms. The number of rotatable bonds is 4. The molecule has 1 fully saturated rings. The van der Waals surface area contributed by atoms with E-state index in [0.717, 1.165) is 10.3 Å². The SMILES string of the molecule is COc1ccc2nc(N3C(=O)C(=O)C(=C(O)c4ccc(Cl)cc4)[C@@H]3c3ccc(C(C)(C)C)cc3)sc2c1. The van der Waals surface area contributed by atoms with Crippen LogP contribution in [0.15, 0.2) is 72.3 Å². The highest BCUT2D eigenvalue weighted by molar-refractivity contribution is 7.22. The van der Waals surface area contributed by atoms with Gasteiger partial charge in [0.25, 0.3) is 5.78 Å². The molecule has 5 rings (SSSR count). The summed E-state index contributed by atoms with van der Waals surface area (Å²) in [6.45, 7) is 6.35. The first-order valence-corrected chi connectivity index (χ1v) is 12.9. The topological polar surface area (TPSA) is 79.7 Å². The van der Waals surface area contributed by atoms with Crippen molar-refractivity contribution in [2.45, 2.75) is 32.2 Å². The number of thiazole rings is 1. The Morgan fingerprint density at radius 2 is 1.70 bits per heavy atom. The van der Waals surface area contributed by atoms with Gasteiger partial charge in [0.2, 0.25) is 0 Å². The van der Waals surface area contributed by atoms with Crippen molar-refractivity contribution in [1.29, 1.82) is 0 Å².